The van der Waals surface area contributed by atoms with Crippen molar-refractivity contribution in [2.45, 2.75) is 51.3 Å². The Morgan fingerprint density at radius 1 is 1.27 bits per heavy atom. The first-order valence-corrected chi connectivity index (χ1v) is 9.74. The second-order valence-electron chi connectivity index (χ2n) is 6.41. The van der Waals surface area contributed by atoms with E-state index >= 15 is 0 Å². The molecule has 1 atom stereocenters. The lowest BCUT2D eigenvalue weighted by molar-refractivity contribution is -0.129. The predicted molar refractivity (Wildman–Crippen MR) is 101 cm³/mol. The van der Waals surface area contributed by atoms with E-state index in [9.17, 15) is 9.59 Å². The van der Waals surface area contributed by atoms with Crippen molar-refractivity contribution in [1.29, 1.82) is 0 Å². The summed E-state index contributed by atoms with van der Waals surface area (Å²) in [5, 5.41) is 8.39. The molecule has 1 aliphatic rings. The molecule has 2 aromatic rings. The van der Waals surface area contributed by atoms with E-state index in [0.29, 0.717) is 11.7 Å². The fourth-order valence-electron chi connectivity index (χ4n) is 2.89. The number of hydrogen-bond donors (Lipinski definition) is 2. The third-order valence-electron chi connectivity index (χ3n) is 4.35. The van der Waals surface area contributed by atoms with Crippen LogP contribution in [0.25, 0.3) is 0 Å². The van der Waals surface area contributed by atoms with Gasteiger partial charge in [0, 0.05) is 18.0 Å². The summed E-state index contributed by atoms with van der Waals surface area (Å²) >= 11 is 1.34. The van der Waals surface area contributed by atoms with Gasteiger partial charge in [0.2, 0.25) is 0 Å². The zero-order valence-corrected chi connectivity index (χ0v) is 15.6. The monoisotopic (exact) mass is 373 g/mol. The van der Waals surface area contributed by atoms with Gasteiger partial charge in [0.1, 0.15) is 0 Å². The highest BCUT2D eigenvalue weighted by Crippen LogP contribution is 2.19. The lowest BCUT2D eigenvalue weighted by atomic mass is 10.2. The Labute approximate surface area is 157 Å². The molecule has 1 amide bonds. The van der Waals surface area contributed by atoms with Crippen LogP contribution >= 0.6 is 11.3 Å². The smallest absolute Gasteiger partial charge is 0.358 e. The minimum Gasteiger partial charge on any atom is -0.448 e. The molecule has 1 saturated carbocycles. The molecule has 0 radical (unpaired) electrons. The Morgan fingerprint density at radius 2 is 2.00 bits per heavy atom. The average molecular weight is 373 g/mol. The van der Waals surface area contributed by atoms with Crippen LogP contribution in [0, 0.1) is 0 Å². The fourth-order valence-corrected chi connectivity index (χ4v) is 3.56. The molecule has 1 aromatic carbocycles. The number of hydrogen-bond acceptors (Lipinski definition) is 6. The van der Waals surface area contributed by atoms with Gasteiger partial charge >= 0.3 is 5.97 Å². The van der Waals surface area contributed by atoms with E-state index in [2.05, 4.69) is 15.6 Å². The summed E-state index contributed by atoms with van der Waals surface area (Å²) < 4.78 is 5.25. The van der Waals surface area contributed by atoms with E-state index in [-0.39, 0.29) is 17.6 Å². The van der Waals surface area contributed by atoms with E-state index in [1.54, 1.807) is 12.3 Å². The summed E-state index contributed by atoms with van der Waals surface area (Å²) in [5.41, 5.74) is 1.34. The van der Waals surface area contributed by atoms with Crippen LogP contribution in [0.2, 0.25) is 0 Å². The van der Waals surface area contributed by atoms with Crippen LogP contribution in [0.1, 0.15) is 48.7 Å². The number of esters is 1. The molecule has 1 unspecified atom stereocenters. The van der Waals surface area contributed by atoms with Gasteiger partial charge in [-0.05, 0) is 25.3 Å². The molecule has 7 heteroatoms. The molecular formula is C19H23N3O3S. The van der Waals surface area contributed by atoms with Gasteiger partial charge in [0.25, 0.3) is 5.91 Å². The predicted octanol–water partition coefficient (Wildman–Crippen LogP) is 3.36. The van der Waals surface area contributed by atoms with Gasteiger partial charge in [-0.2, -0.15) is 0 Å². The Kier molecular flexibility index (Phi) is 6.22. The molecule has 1 heterocycles. The number of carbonyl (C=O) groups is 2. The summed E-state index contributed by atoms with van der Waals surface area (Å²) in [5.74, 6) is -0.828. The van der Waals surface area contributed by atoms with Crippen LogP contribution in [0.3, 0.4) is 0 Å². The first-order valence-electron chi connectivity index (χ1n) is 8.86. The maximum atomic E-state index is 12.2. The van der Waals surface area contributed by atoms with Gasteiger partial charge in [-0.15, -0.1) is 11.3 Å². The largest absolute Gasteiger partial charge is 0.448 e. The molecule has 0 aliphatic heterocycles. The zero-order valence-electron chi connectivity index (χ0n) is 14.7. The Bertz CT molecular complexity index is 741. The summed E-state index contributed by atoms with van der Waals surface area (Å²) in [6.45, 7) is 2.21. The molecule has 2 N–H and O–H groups in total. The Morgan fingerprint density at radius 3 is 2.73 bits per heavy atom. The van der Waals surface area contributed by atoms with Crippen LogP contribution < -0.4 is 10.6 Å². The molecule has 1 aromatic heterocycles. The van der Waals surface area contributed by atoms with Crippen LogP contribution in [0.15, 0.2) is 35.7 Å². The van der Waals surface area contributed by atoms with Gasteiger partial charge in [0.15, 0.2) is 16.9 Å². The van der Waals surface area contributed by atoms with Gasteiger partial charge in [-0.25, -0.2) is 9.78 Å². The van der Waals surface area contributed by atoms with E-state index in [1.807, 2.05) is 30.3 Å². The van der Waals surface area contributed by atoms with Crippen molar-refractivity contribution in [2.24, 2.45) is 0 Å². The highest BCUT2D eigenvalue weighted by atomic mass is 32.1. The summed E-state index contributed by atoms with van der Waals surface area (Å²) in [6, 6.07) is 10.1. The zero-order chi connectivity index (χ0) is 18.4. The normalized spacial score (nSPS) is 15.4. The number of thiazole rings is 1. The Balaban J connectivity index is 1.48. The number of amides is 1. The maximum absolute atomic E-state index is 12.2. The third-order valence-corrected chi connectivity index (χ3v) is 5.15. The molecule has 1 fully saturated rings. The van der Waals surface area contributed by atoms with E-state index in [4.69, 9.17) is 4.74 Å². The highest BCUT2D eigenvalue weighted by molar-refractivity contribution is 7.13. The van der Waals surface area contributed by atoms with Gasteiger partial charge in [-0.1, -0.05) is 43.2 Å². The lowest BCUT2D eigenvalue weighted by Crippen LogP contribution is -2.40. The number of aromatic nitrogens is 1. The molecule has 3 rings (SSSR count). The topological polar surface area (TPSA) is 80.3 Å². The van der Waals surface area contributed by atoms with Crippen molar-refractivity contribution >= 4 is 28.3 Å². The minimum absolute atomic E-state index is 0.205. The quantitative estimate of drug-likeness (QED) is 0.728. The van der Waals surface area contributed by atoms with Crippen molar-refractivity contribution < 1.29 is 14.3 Å². The van der Waals surface area contributed by atoms with Crippen LogP contribution in [-0.2, 0) is 16.1 Å². The molecule has 26 heavy (non-hydrogen) atoms. The number of rotatable bonds is 7. The molecule has 0 saturated heterocycles. The molecule has 6 nitrogen and oxygen atoms in total. The SMILES string of the molecule is CC(OC(=O)c1csc(NCc2ccccc2)n1)C(=O)NC1CCCC1. The highest BCUT2D eigenvalue weighted by Gasteiger charge is 2.24. The third kappa shape index (κ3) is 5.05. The van der Waals surface area contributed by atoms with Gasteiger partial charge < -0.3 is 15.4 Å². The van der Waals surface area contributed by atoms with Crippen molar-refractivity contribution in [3.63, 3.8) is 0 Å². The molecule has 0 spiro atoms. The minimum atomic E-state index is -0.828. The number of nitrogens with zero attached hydrogens (tertiary/aromatic N) is 1. The molecule has 1 aliphatic carbocycles. The van der Waals surface area contributed by atoms with Crippen molar-refractivity contribution in [1.82, 2.24) is 10.3 Å². The lowest BCUT2D eigenvalue weighted by Gasteiger charge is -2.16. The first-order chi connectivity index (χ1) is 12.6. The summed E-state index contributed by atoms with van der Waals surface area (Å²) in [7, 11) is 0. The van der Waals surface area contributed by atoms with Crippen molar-refractivity contribution in [3.8, 4) is 0 Å². The molecule has 0 bridgehead atoms. The van der Waals surface area contributed by atoms with Gasteiger partial charge in [-0.3, -0.25) is 4.79 Å². The molecule has 138 valence electrons. The number of anilines is 1. The summed E-state index contributed by atoms with van der Waals surface area (Å²) in [6.07, 6.45) is 3.43. The fraction of sp³-hybridized carbons (Fsp3) is 0.421. The van der Waals surface area contributed by atoms with Crippen LogP contribution in [0.5, 0.6) is 0 Å². The number of nitrogens with one attached hydrogen (secondary N) is 2. The van der Waals surface area contributed by atoms with Crippen molar-refractivity contribution in [2.75, 3.05) is 5.32 Å². The van der Waals surface area contributed by atoms with E-state index in [1.165, 1.54) is 11.3 Å². The summed E-state index contributed by atoms with van der Waals surface area (Å²) in [4.78, 5) is 28.6. The number of ether oxygens (including phenoxy) is 1. The van der Waals surface area contributed by atoms with E-state index < -0.39 is 12.1 Å². The second kappa shape index (κ2) is 8.80. The number of benzene rings is 1. The average Bonchev–Trinajstić information content (AvgIpc) is 3.32. The first kappa shape index (κ1) is 18.4. The molecular weight excluding hydrogens is 350 g/mol. The van der Waals surface area contributed by atoms with Crippen LogP contribution in [0.4, 0.5) is 5.13 Å². The second-order valence-corrected chi connectivity index (χ2v) is 7.27. The standard InChI is InChI=1S/C19H23N3O3S/c1-13(17(23)21-15-9-5-6-10-15)25-18(24)16-12-26-19(22-16)20-11-14-7-3-2-4-8-14/h2-4,7-8,12-13,15H,5-6,9-11H2,1H3,(H,20,22)(H,21,23). The van der Waals surface area contributed by atoms with Gasteiger partial charge in [0.05, 0.1) is 0 Å². The maximum Gasteiger partial charge on any atom is 0.358 e. The van der Waals surface area contributed by atoms with Crippen LogP contribution in [-0.4, -0.2) is 29.0 Å². The number of carbonyl (C=O) groups excluding carboxylic acids is 2. The van der Waals surface area contributed by atoms with Crippen molar-refractivity contribution in [3.05, 3.63) is 47.0 Å². The van der Waals surface area contributed by atoms with E-state index in [0.717, 1.165) is 31.2 Å². The Hall–Kier alpha value is -2.41.